The first kappa shape index (κ1) is 16.5. The van der Waals surface area contributed by atoms with Crippen LogP contribution in [0, 0.1) is 0 Å². The minimum Gasteiger partial charge on any atom is -0.466 e. The lowest BCUT2D eigenvalue weighted by molar-refractivity contribution is -0.143. The number of nitrogens with zero attached hydrogens (tertiary/aromatic N) is 1. The third-order valence-corrected chi connectivity index (χ3v) is 3.33. The molecule has 0 unspecified atom stereocenters. The predicted octanol–water partition coefficient (Wildman–Crippen LogP) is 2.15. The molecule has 0 aliphatic carbocycles. The van der Waals surface area contributed by atoms with Crippen LogP contribution in [0.25, 0.3) is 0 Å². The zero-order valence-electron chi connectivity index (χ0n) is 12.1. The van der Waals surface area contributed by atoms with Crippen molar-refractivity contribution in [2.45, 2.75) is 33.2 Å². The maximum Gasteiger partial charge on any atom is 0.305 e. The van der Waals surface area contributed by atoms with Crippen LogP contribution in [-0.4, -0.2) is 31.6 Å². The smallest absolute Gasteiger partial charge is 0.305 e. The Balaban J connectivity index is 2.28. The van der Waals surface area contributed by atoms with Gasteiger partial charge >= 0.3 is 5.97 Å². The van der Waals surface area contributed by atoms with E-state index in [2.05, 4.69) is 21.7 Å². The molecule has 1 aromatic rings. The fourth-order valence-corrected chi connectivity index (χ4v) is 2.20. The van der Waals surface area contributed by atoms with Gasteiger partial charge in [0, 0.05) is 24.4 Å². The van der Waals surface area contributed by atoms with Gasteiger partial charge in [0.15, 0.2) is 5.96 Å². The summed E-state index contributed by atoms with van der Waals surface area (Å²) in [7, 11) is 0. The van der Waals surface area contributed by atoms with Crippen molar-refractivity contribution in [3.63, 3.8) is 0 Å². The largest absolute Gasteiger partial charge is 0.466 e. The number of rotatable bonds is 8. The Bertz CT molecular complexity index is 405. The van der Waals surface area contributed by atoms with Gasteiger partial charge in [-0.3, -0.25) is 4.79 Å². The summed E-state index contributed by atoms with van der Waals surface area (Å²) in [4.78, 5) is 16.9. The topological polar surface area (TPSA) is 62.7 Å². The summed E-state index contributed by atoms with van der Waals surface area (Å²) >= 11 is 1.70. The molecule has 2 N–H and O–H groups in total. The molecule has 1 rings (SSSR count). The second-order valence-electron chi connectivity index (χ2n) is 4.11. The van der Waals surface area contributed by atoms with E-state index >= 15 is 0 Å². The molecule has 1 heterocycles. The van der Waals surface area contributed by atoms with E-state index < -0.39 is 0 Å². The SMILES string of the molecule is CCNC(=NCc1cccs1)NCCCC(=O)OCC. The van der Waals surface area contributed by atoms with Crippen LogP contribution in [0.1, 0.15) is 31.6 Å². The Morgan fingerprint density at radius 3 is 2.90 bits per heavy atom. The van der Waals surface area contributed by atoms with Crippen molar-refractivity contribution >= 4 is 23.3 Å². The zero-order chi connectivity index (χ0) is 14.6. The number of thiophene rings is 1. The number of aliphatic imine (C=N–C) groups is 1. The maximum atomic E-state index is 11.2. The van der Waals surface area contributed by atoms with Crippen LogP contribution in [0.4, 0.5) is 0 Å². The maximum absolute atomic E-state index is 11.2. The van der Waals surface area contributed by atoms with E-state index in [4.69, 9.17) is 4.74 Å². The molecule has 112 valence electrons. The number of hydrogen-bond donors (Lipinski definition) is 2. The fraction of sp³-hybridized carbons (Fsp3) is 0.571. The molecule has 6 heteroatoms. The summed E-state index contributed by atoms with van der Waals surface area (Å²) in [6.45, 7) is 6.48. The highest BCUT2D eigenvalue weighted by molar-refractivity contribution is 7.09. The van der Waals surface area contributed by atoms with Gasteiger partial charge in [0.25, 0.3) is 0 Å². The molecule has 1 aromatic heterocycles. The number of ether oxygens (including phenoxy) is 1. The normalized spacial score (nSPS) is 11.2. The lowest BCUT2D eigenvalue weighted by atomic mass is 10.3. The number of nitrogens with one attached hydrogen (secondary N) is 2. The first-order chi connectivity index (χ1) is 9.76. The van der Waals surface area contributed by atoms with Crippen LogP contribution in [-0.2, 0) is 16.1 Å². The Labute approximate surface area is 124 Å². The Hall–Kier alpha value is -1.56. The molecule has 0 amide bonds. The highest BCUT2D eigenvalue weighted by Gasteiger charge is 2.02. The summed E-state index contributed by atoms with van der Waals surface area (Å²) in [6.07, 6.45) is 1.17. The standard InChI is InChI=1S/C14H23N3O2S/c1-3-15-14(17-11-12-7-6-10-20-12)16-9-5-8-13(18)19-4-2/h6-7,10H,3-5,8-9,11H2,1-2H3,(H2,15,16,17). The van der Waals surface area contributed by atoms with Crippen LogP contribution in [0.5, 0.6) is 0 Å². The molecule has 0 fully saturated rings. The first-order valence-corrected chi connectivity index (χ1v) is 7.84. The molecule has 0 aliphatic heterocycles. The molecule has 0 radical (unpaired) electrons. The van der Waals surface area contributed by atoms with Crippen molar-refractivity contribution in [1.29, 1.82) is 0 Å². The molecular weight excluding hydrogens is 274 g/mol. The monoisotopic (exact) mass is 297 g/mol. The summed E-state index contributed by atoms with van der Waals surface area (Å²) in [5, 5.41) is 8.45. The molecule has 5 nitrogen and oxygen atoms in total. The Kier molecular flexibility index (Phi) is 8.46. The number of carbonyl (C=O) groups excluding carboxylic acids is 1. The molecular formula is C14H23N3O2S. The predicted molar refractivity (Wildman–Crippen MR) is 83.0 cm³/mol. The number of hydrogen-bond acceptors (Lipinski definition) is 4. The van der Waals surface area contributed by atoms with Crippen molar-refractivity contribution < 1.29 is 9.53 Å². The van der Waals surface area contributed by atoms with Gasteiger partial charge in [-0.2, -0.15) is 0 Å². The summed E-state index contributed by atoms with van der Waals surface area (Å²) < 4.78 is 4.88. The molecule has 20 heavy (non-hydrogen) atoms. The van der Waals surface area contributed by atoms with Crippen LogP contribution in [0.15, 0.2) is 22.5 Å². The van der Waals surface area contributed by atoms with Gasteiger partial charge in [-0.05, 0) is 31.7 Å². The molecule has 0 aromatic carbocycles. The van der Waals surface area contributed by atoms with Crippen molar-refractivity contribution in [3.05, 3.63) is 22.4 Å². The second kappa shape index (κ2) is 10.3. The van der Waals surface area contributed by atoms with Gasteiger partial charge in [0.1, 0.15) is 0 Å². The lowest BCUT2D eigenvalue weighted by Gasteiger charge is -2.10. The lowest BCUT2D eigenvalue weighted by Crippen LogP contribution is -2.37. The van der Waals surface area contributed by atoms with E-state index in [0.717, 1.165) is 18.9 Å². The number of esters is 1. The Morgan fingerprint density at radius 2 is 2.25 bits per heavy atom. The van der Waals surface area contributed by atoms with Crippen molar-refractivity contribution in [2.24, 2.45) is 4.99 Å². The average molecular weight is 297 g/mol. The van der Waals surface area contributed by atoms with E-state index in [1.807, 2.05) is 25.3 Å². The molecule has 0 spiro atoms. The van der Waals surface area contributed by atoms with E-state index in [-0.39, 0.29) is 5.97 Å². The fourth-order valence-electron chi connectivity index (χ4n) is 1.57. The third-order valence-electron chi connectivity index (χ3n) is 2.47. The summed E-state index contributed by atoms with van der Waals surface area (Å²) in [5.41, 5.74) is 0. The van der Waals surface area contributed by atoms with Crippen molar-refractivity contribution in [1.82, 2.24) is 10.6 Å². The molecule has 0 saturated heterocycles. The van der Waals surface area contributed by atoms with Crippen molar-refractivity contribution in [3.8, 4) is 0 Å². The third kappa shape index (κ3) is 7.13. The van der Waals surface area contributed by atoms with E-state index in [1.54, 1.807) is 11.3 Å². The number of guanidine groups is 1. The highest BCUT2D eigenvalue weighted by Crippen LogP contribution is 2.09. The average Bonchev–Trinajstić information content (AvgIpc) is 2.94. The molecule has 0 aliphatic rings. The van der Waals surface area contributed by atoms with Gasteiger partial charge in [0.05, 0.1) is 13.2 Å². The zero-order valence-corrected chi connectivity index (χ0v) is 13.0. The van der Waals surface area contributed by atoms with E-state index in [0.29, 0.717) is 26.1 Å². The van der Waals surface area contributed by atoms with Crippen LogP contribution < -0.4 is 10.6 Å². The van der Waals surface area contributed by atoms with Crippen LogP contribution in [0.2, 0.25) is 0 Å². The minimum atomic E-state index is -0.144. The summed E-state index contributed by atoms with van der Waals surface area (Å²) in [5.74, 6) is 0.639. The highest BCUT2D eigenvalue weighted by atomic mass is 32.1. The van der Waals surface area contributed by atoms with Gasteiger partial charge in [-0.15, -0.1) is 11.3 Å². The molecule has 0 atom stereocenters. The summed E-state index contributed by atoms with van der Waals surface area (Å²) in [6, 6.07) is 4.09. The molecule has 0 saturated carbocycles. The number of carbonyl (C=O) groups is 1. The van der Waals surface area contributed by atoms with Gasteiger partial charge in [-0.1, -0.05) is 6.07 Å². The van der Waals surface area contributed by atoms with Gasteiger partial charge in [-0.25, -0.2) is 4.99 Å². The Morgan fingerprint density at radius 1 is 1.40 bits per heavy atom. The molecule has 0 bridgehead atoms. The first-order valence-electron chi connectivity index (χ1n) is 6.96. The second-order valence-corrected chi connectivity index (χ2v) is 5.14. The van der Waals surface area contributed by atoms with Gasteiger partial charge in [0.2, 0.25) is 0 Å². The van der Waals surface area contributed by atoms with Gasteiger partial charge < -0.3 is 15.4 Å². The van der Waals surface area contributed by atoms with E-state index in [1.165, 1.54) is 4.88 Å². The van der Waals surface area contributed by atoms with Crippen LogP contribution >= 0.6 is 11.3 Å². The minimum absolute atomic E-state index is 0.144. The van der Waals surface area contributed by atoms with Crippen LogP contribution in [0.3, 0.4) is 0 Å². The van der Waals surface area contributed by atoms with E-state index in [9.17, 15) is 4.79 Å². The quantitative estimate of drug-likeness (QED) is 0.334. The van der Waals surface area contributed by atoms with Crippen molar-refractivity contribution in [2.75, 3.05) is 19.7 Å².